The van der Waals surface area contributed by atoms with Crippen LogP contribution in [0.3, 0.4) is 0 Å². The van der Waals surface area contributed by atoms with Crippen molar-refractivity contribution < 1.29 is 5.11 Å². The molecule has 1 aromatic carbocycles. The van der Waals surface area contributed by atoms with Crippen molar-refractivity contribution in [3.05, 3.63) is 51.3 Å². The van der Waals surface area contributed by atoms with Gasteiger partial charge in [-0.15, -0.1) is 0 Å². The number of halogens is 1. The Morgan fingerprint density at radius 1 is 1.25 bits per heavy atom. The summed E-state index contributed by atoms with van der Waals surface area (Å²) < 4.78 is 2.89. The minimum absolute atomic E-state index is 0.498. The second kappa shape index (κ2) is 6.55. The summed E-state index contributed by atoms with van der Waals surface area (Å²) in [6.07, 6.45) is 1.89. The largest absolute Gasteiger partial charge is 0.388 e. The van der Waals surface area contributed by atoms with Crippen LogP contribution in [-0.4, -0.2) is 14.9 Å². The van der Waals surface area contributed by atoms with Crippen molar-refractivity contribution in [2.24, 2.45) is 7.05 Å². The van der Waals surface area contributed by atoms with E-state index in [9.17, 15) is 5.11 Å². The molecule has 1 atom stereocenters. The van der Waals surface area contributed by atoms with Crippen molar-refractivity contribution in [1.82, 2.24) is 9.78 Å². The molecule has 0 saturated heterocycles. The van der Waals surface area contributed by atoms with Gasteiger partial charge < -0.3 is 5.11 Å². The van der Waals surface area contributed by atoms with E-state index in [0.29, 0.717) is 6.42 Å². The molecule has 1 unspecified atom stereocenters. The highest BCUT2D eigenvalue weighted by Gasteiger charge is 2.18. The van der Waals surface area contributed by atoms with Gasteiger partial charge >= 0.3 is 0 Å². The summed E-state index contributed by atoms with van der Waals surface area (Å²) in [6.45, 7) is 4.19. The van der Waals surface area contributed by atoms with E-state index in [1.165, 1.54) is 5.56 Å². The summed E-state index contributed by atoms with van der Waals surface area (Å²) in [6, 6.07) is 8.08. The highest BCUT2D eigenvalue weighted by atomic mass is 79.9. The molecule has 0 aliphatic rings. The smallest absolute Gasteiger partial charge is 0.0848 e. The lowest BCUT2D eigenvalue weighted by Gasteiger charge is -2.15. The number of rotatable bonds is 5. The van der Waals surface area contributed by atoms with Crippen molar-refractivity contribution in [2.45, 2.75) is 39.2 Å². The van der Waals surface area contributed by atoms with E-state index in [0.717, 1.165) is 34.3 Å². The summed E-state index contributed by atoms with van der Waals surface area (Å²) in [4.78, 5) is 0. The van der Waals surface area contributed by atoms with Gasteiger partial charge in [-0.3, -0.25) is 4.68 Å². The van der Waals surface area contributed by atoms with Crippen molar-refractivity contribution >= 4 is 15.9 Å². The summed E-state index contributed by atoms with van der Waals surface area (Å²) in [5, 5.41) is 15.0. The molecule has 0 spiro atoms. The molecule has 0 aliphatic carbocycles. The van der Waals surface area contributed by atoms with Crippen molar-refractivity contribution in [1.29, 1.82) is 0 Å². The van der Waals surface area contributed by atoms with Crippen LogP contribution >= 0.6 is 15.9 Å². The fraction of sp³-hybridized carbons (Fsp3) is 0.438. The zero-order valence-corrected chi connectivity index (χ0v) is 13.8. The molecule has 3 nitrogen and oxygen atoms in total. The number of aliphatic hydroxyl groups excluding tert-OH is 1. The van der Waals surface area contributed by atoms with Crippen LogP contribution < -0.4 is 0 Å². The Kier molecular flexibility index (Phi) is 5.00. The van der Waals surface area contributed by atoms with Gasteiger partial charge in [0, 0.05) is 13.5 Å². The molecular formula is C16H21BrN2O. The molecule has 108 valence electrons. The highest BCUT2D eigenvalue weighted by molar-refractivity contribution is 9.10. The van der Waals surface area contributed by atoms with Crippen LogP contribution in [0.4, 0.5) is 0 Å². The average molecular weight is 337 g/mol. The topological polar surface area (TPSA) is 38.1 Å². The molecule has 2 rings (SSSR count). The van der Waals surface area contributed by atoms with E-state index in [1.807, 2.05) is 29.9 Å². The number of benzene rings is 1. The standard InChI is InChI=1S/C16H21BrN2O/c1-4-11-8-6-7-9-12(11)15(20)10-14-16(17)13(5-2)18-19(14)3/h6-9,15,20H,4-5,10H2,1-3H3. The van der Waals surface area contributed by atoms with Crippen molar-refractivity contribution in [3.8, 4) is 0 Å². The van der Waals surface area contributed by atoms with Gasteiger partial charge in [0.1, 0.15) is 0 Å². The first-order valence-corrected chi connectivity index (χ1v) is 7.83. The molecule has 0 radical (unpaired) electrons. The molecule has 0 amide bonds. The van der Waals surface area contributed by atoms with E-state index in [2.05, 4.69) is 40.9 Å². The minimum Gasteiger partial charge on any atom is -0.388 e. The monoisotopic (exact) mass is 336 g/mol. The fourth-order valence-electron chi connectivity index (χ4n) is 2.52. The predicted octanol–water partition coefficient (Wildman–Crippen LogP) is 3.58. The SMILES string of the molecule is CCc1ccccc1C(O)Cc1c(Br)c(CC)nn1C. The Balaban J connectivity index is 2.28. The van der Waals surface area contributed by atoms with Crippen LogP contribution in [0, 0.1) is 0 Å². The third-order valence-electron chi connectivity index (χ3n) is 3.68. The molecule has 1 heterocycles. The fourth-order valence-corrected chi connectivity index (χ4v) is 3.29. The van der Waals surface area contributed by atoms with Crippen LogP contribution in [-0.2, 0) is 26.3 Å². The maximum atomic E-state index is 10.6. The molecule has 4 heteroatoms. The quantitative estimate of drug-likeness (QED) is 0.906. The molecule has 0 aliphatic heterocycles. The van der Waals surface area contributed by atoms with Crippen LogP contribution in [0.15, 0.2) is 28.7 Å². The Hall–Kier alpha value is -1.13. The van der Waals surface area contributed by atoms with Gasteiger partial charge in [-0.1, -0.05) is 38.1 Å². The average Bonchev–Trinajstić information content (AvgIpc) is 2.74. The van der Waals surface area contributed by atoms with Gasteiger partial charge in [0.2, 0.25) is 0 Å². The molecule has 1 N–H and O–H groups in total. The van der Waals surface area contributed by atoms with Crippen LogP contribution in [0.1, 0.15) is 42.5 Å². The number of aryl methyl sites for hydroxylation is 3. The normalized spacial score (nSPS) is 12.7. The van der Waals surface area contributed by atoms with E-state index in [4.69, 9.17) is 0 Å². The highest BCUT2D eigenvalue weighted by Crippen LogP contribution is 2.28. The minimum atomic E-state index is -0.498. The second-order valence-corrected chi connectivity index (χ2v) is 5.75. The lowest BCUT2D eigenvalue weighted by molar-refractivity contribution is 0.174. The van der Waals surface area contributed by atoms with Crippen LogP contribution in [0.5, 0.6) is 0 Å². The number of nitrogens with zero attached hydrogens (tertiary/aromatic N) is 2. The van der Waals surface area contributed by atoms with E-state index in [-0.39, 0.29) is 0 Å². The molecule has 2 aromatic rings. The second-order valence-electron chi connectivity index (χ2n) is 4.96. The van der Waals surface area contributed by atoms with Crippen LogP contribution in [0.25, 0.3) is 0 Å². The number of hydrogen-bond donors (Lipinski definition) is 1. The number of aliphatic hydroxyl groups is 1. The first kappa shape index (κ1) is 15.3. The van der Waals surface area contributed by atoms with Gasteiger partial charge in [0.15, 0.2) is 0 Å². The van der Waals surface area contributed by atoms with Gasteiger partial charge in [0.05, 0.1) is 22.0 Å². The first-order chi connectivity index (χ1) is 9.58. The van der Waals surface area contributed by atoms with Gasteiger partial charge in [-0.25, -0.2) is 0 Å². The Labute approximate surface area is 128 Å². The Morgan fingerprint density at radius 3 is 2.55 bits per heavy atom. The van der Waals surface area contributed by atoms with Crippen LogP contribution in [0.2, 0.25) is 0 Å². The summed E-state index contributed by atoms with van der Waals surface area (Å²) >= 11 is 3.60. The number of aromatic nitrogens is 2. The third-order valence-corrected chi connectivity index (χ3v) is 4.60. The maximum absolute atomic E-state index is 10.6. The van der Waals surface area contributed by atoms with Crippen molar-refractivity contribution in [3.63, 3.8) is 0 Å². The van der Waals surface area contributed by atoms with E-state index >= 15 is 0 Å². The zero-order chi connectivity index (χ0) is 14.7. The molecular weight excluding hydrogens is 316 g/mol. The van der Waals surface area contributed by atoms with E-state index in [1.54, 1.807) is 0 Å². The number of hydrogen-bond acceptors (Lipinski definition) is 2. The molecule has 0 bridgehead atoms. The first-order valence-electron chi connectivity index (χ1n) is 7.04. The molecule has 20 heavy (non-hydrogen) atoms. The summed E-state index contributed by atoms with van der Waals surface area (Å²) in [5.41, 5.74) is 4.30. The van der Waals surface area contributed by atoms with Crippen molar-refractivity contribution in [2.75, 3.05) is 0 Å². The maximum Gasteiger partial charge on any atom is 0.0848 e. The van der Waals surface area contributed by atoms with Gasteiger partial charge in [0.25, 0.3) is 0 Å². The predicted molar refractivity (Wildman–Crippen MR) is 84.8 cm³/mol. The van der Waals surface area contributed by atoms with E-state index < -0.39 is 6.10 Å². The van der Waals surface area contributed by atoms with Gasteiger partial charge in [-0.05, 0) is 39.9 Å². The molecule has 0 saturated carbocycles. The Morgan fingerprint density at radius 2 is 1.95 bits per heavy atom. The summed E-state index contributed by atoms with van der Waals surface area (Å²) in [7, 11) is 1.93. The Bertz CT molecular complexity index is 592. The lowest BCUT2D eigenvalue weighted by atomic mass is 9.97. The zero-order valence-electron chi connectivity index (χ0n) is 12.2. The van der Waals surface area contributed by atoms with Gasteiger partial charge in [-0.2, -0.15) is 5.10 Å². The lowest BCUT2D eigenvalue weighted by Crippen LogP contribution is -2.08. The molecule has 1 aromatic heterocycles. The molecule has 0 fully saturated rings. The third kappa shape index (κ3) is 2.96. The summed E-state index contributed by atoms with van der Waals surface area (Å²) in [5.74, 6) is 0.